The summed E-state index contributed by atoms with van der Waals surface area (Å²) in [5.74, 6) is 0.723. The molecule has 96 valence electrons. The molecule has 2 aromatic carbocycles. The largest absolute Gasteiger partial charge is 0.394 e. The van der Waals surface area contributed by atoms with Crippen LogP contribution in [0.15, 0.2) is 47.0 Å². The number of nitrogens with zero attached hydrogens (tertiary/aromatic N) is 2. The number of hydrogen-bond donors (Lipinski definition) is 2. The number of hydrogen-bond acceptors (Lipinski definition) is 5. The Labute approximate surface area is 109 Å². The Balaban J connectivity index is 2.12. The van der Waals surface area contributed by atoms with Crippen molar-refractivity contribution < 1.29 is 9.63 Å². The zero-order valence-corrected chi connectivity index (χ0v) is 10.2. The van der Waals surface area contributed by atoms with E-state index in [-0.39, 0.29) is 12.5 Å². The van der Waals surface area contributed by atoms with Crippen LogP contribution in [0.2, 0.25) is 0 Å². The summed E-state index contributed by atoms with van der Waals surface area (Å²) in [6.45, 7) is -0.225. The van der Waals surface area contributed by atoms with E-state index in [1.807, 2.05) is 42.5 Å². The van der Waals surface area contributed by atoms with Crippen LogP contribution in [0.5, 0.6) is 0 Å². The second-order valence-corrected chi connectivity index (χ2v) is 4.27. The van der Waals surface area contributed by atoms with Gasteiger partial charge in [-0.05, 0) is 10.8 Å². The molecule has 0 saturated heterocycles. The molecular weight excluding hydrogens is 242 g/mol. The predicted molar refractivity (Wildman–Crippen MR) is 71.3 cm³/mol. The first-order valence-electron chi connectivity index (χ1n) is 5.98. The molecule has 0 aliphatic rings. The minimum atomic E-state index is -0.642. The van der Waals surface area contributed by atoms with Crippen LogP contribution in [-0.2, 0) is 0 Å². The van der Waals surface area contributed by atoms with Gasteiger partial charge in [-0.2, -0.15) is 4.98 Å². The fourth-order valence-electron chi connectivity index (χ4n) is 1.99. The van der Waals surface area contributed by atoms with Gasteiger partial charge >= 0.3 is 0 Å². The first-order valence-corrected chi connectivity index (χ1v) is 5.98. The molecule has 0 aliphatic carbocycles. The van der Waals surface area contributed by atoms with Gasteiger partial charge in [0.25, 0.3) is 0 Å². The summed E-state index contributed by atoms with van der Waals surface area (Å²) in [6.07, 6.45) is 0. The van der Waals surface area contributed by atoms with E-state index in [2.05, 4.69) is 10.1 Å². The van der Waals surface area contributed by atoms with Crippen LogP contribution in [0.25, 0.3) is 22.2 Å². The summed E-state index contributed by atoms with van der Waals surface area (Å²) in [6, 6.07) is 13.2. The van der Waals surface area contributed by atoms with E-state index in [0.717, 1.165) is 16.3 Å². The first-order chi connectivity index (χ1) is 9.29. The summed E-state index contributed by atoms with van der Waals surface area (Å²) in [4.78, 5) is 4.24. The molecule has 1 atom stereocenters. The third-order valence-electron chi connectivity index (χ3n) is 2.99. The fourth-order valence-corrected chi connectivity index (χ4v) is 1.99. The smallest absolute Gasteiger partial charge is 0.246 e. The standard InChI is InChI=1S/C14H13N3O2/c15-12(8-18)14-16-13(17-19-14)11-7-3-5-9-4-1-2-6-10(9)11/h1-7,12,18H,8,15H2/t12-/m1/s1. The van der Waals surface area contributed by atoms with Crippen LogP contribution in [0, 0.1) is 0 Å². The Morgan fingerprint density at radius 2 is 1.95 bits per heavy atom. The maximum absolute atomic E-state index is 8.99. The van der Waals surface area contributed by atoms with Gasteiger partial charge in [0, 0.05) is 5.56 Å². The summed E-state index contributed by atoms with van der Waals surface area (Å²) < 4.78 is 5.07. The monoisotopic (exact) mass is 255 g/mol. The molecule has 0 radical (unpaired) electrons. The Morgan fingerprint density at radius 3 is 2.79 bits per heavy atom. The van der Waals surface area contributed by atoms with Crippen molar-refractivity contribution in [3.05, 3.63) is 48.4 Å². The van der Waals surface area contributed by atoms with E-state index < -0.39 is 6.04 Å². The molecule has 19 heavy (non-hydrogen) atoms. The molecule has 0 amide bonds. The summed E-state index contributed by atoms with van der Waals surface area (Å²) in [5.41, 5.74) is 6.54. The molecule has 3 aromatic rings. The van der Waals surface area contributed by atoms with Crippen molar-refractivity contribution in [2.45, 2.75) is 6.04 Å². The van der Waals surface area contributed by atoms with E-state index in [0.29, 0.717) is 5.82 Å². The van der Waals surface area contributed by atoms with Gasteiger partial charge in [-0.15, -0.1) is 0 Å². The van der Waals surface area contributed by atoms with E-state index >= 15 is 0 Å². The lowest BCUT2D eigenvalue weighted by Gasteiger charge is -2.02. The van der Waals surface area contributed by atoms with E-state index in [9.17, 15) is 0 Å². The Morgan fingerprint density at radius 1 is 1.16 bits per heavy atom. The van der Waals surface area contributed by atoms with Gasteiger partial charge in [-0.3, -0.25) is 0 Å². The number of benzene rings is 2. The number of aromatic nitrogens is 2. The average molecular weight is 255 g/mol. The third-order valence-corrected chi connectivity index (χ3v) is 2.99. The highest BCUT2D eigenvalue weighted by Crippen LogP contribution is 2.26. The van der Waals surface area contributed by atoms with Crippen LogP contribution < -0.4 is 5.73 Å². The maximum atomic E-state index is 8.99. The molecule has 0 spiro atoms. The van der Waals surface area contributed by atoms with Gasteiger partial charge in [0.05, 0.1) is 6.61 Å². The molecule has 0 fully saturated rings. The van der Waals surface area contributed by atoms with Crippen LogP contribution in [0.4, 0.5) is 0 Å². The molecule has 5 heteroatoms. The predicted octanol–water partition coefficient (Wildman–Crippen LogP) is 1.88. The molecule has 5 nitrogen and oxygen atoms in total. The van der Waals surface area contributed by atoms with Crippen molar-refractivity contribution >= 4 is 10.8 Å². The van der Waals surface area contributed by atoms with E-state index in [1.54, 1.807) is 0 Å². The number of rotatable bonds is 3. The van der Waals surface area contributed by atoms with Gasteiger partial charge in [0.15, 0.2) is 0 Å². The minimum absolute atomic E-state index is 0.225. The van der Waals surface area contributed by atoms with Crippen molar-refractivity contribution in [2.75, 3.05) is 6.61 Å². The summed E-state index contributed by atoms with van der Waals surface area (Å²) >= 11 is 0. The molecule has 1 aromatic heterocycles. The highest BCUT2D eigenvalue weighted by atomic mass is 16.5. The average Bonchev–Trinajstić information content (AvgIpc) is 2.95. The van der Waals surface area contributed by atoms with Crippen LogP contribution >= 0.6 is 0 Å². The highest BCUT2D eigenvalue weighted by molar-refractivity contribution is 5.94. The molecular formula is C14H13N3O2. The molecule has 3 N–H and O–H groups in total. The van der Waals surface area contributed by atoms with Gasteiger partial charge in [-0.25, -0.2) is 0 Å². The third kappa shape index (κ3) is 2.09. The molecule has 0 saturated carbocycles. The SMILES string of the molecule is N[C@H](CO)c1nc(-c2cccc3ccccc23)no1. The number of fused-ring (bicyclic) bond motifs is 1. The number of aliphatic hydroxyl groups is 1. The summed E-state index contributed by atoms with van der Waals surface area (Å²) in [5, 5.41) is 15.1. The Bertz CT molecular complexity index is 703. The number of aliphatic hydroxyl groups excluding tert-OH is 1. The van der Waals surface area contributed by atoms with Crippen molar-refractivity contribution in [2.24, 2.45) is 5.73 Å². The van der Waals surface area contributed by atoms with Crippen molar-refractivity contribution in [1.29, 1.82) is 0 Å². The van der Waals surface area contributed by atoms with Crippen LogP contribution in [0.1, 0.15) is 11.9 Å². The lowest BCUT2D eigenvalue weighted by molar-refractivity contribution is 0.237. The molecule has 0 bridgehead atoms. The minimum Gasteiger partial charge on any atom is -0.394 e. The first kappa shape index (κ1) is 11.8. The number of nitrogens with two attached hydrogens (primary N) is 1. The quantitative estimate of drug-likeness (QED) is 0.746. The van der Waals surface area contributed by atoms with Gasteiger partial charge in [-0.1, -0.05) is 47.6 Å². The molecule has 0 aliphatic heterocycles. The van der Waals surface area contributed by atoms with Gasteiger partial charge in [0.2, 0.25) is 11.7 Å². The zero-order valence-electron chi connectivity index (χ0n) is 10.2. The van der Waals surface area contributed by atoms with E-state index in [4.69, 9.17) is 15.4 Å². The van der Waals surface area contributed by atoms with Gasteiger partial charge in [0.1, 0.15) is 6.04 Å². The van der Waals surface area contributed by atoms with Crippen LogP contribution in [0.3, 0.4) is 0 Å². The lowest BCUT2D eigenvalue weighted by atomic mass is 10.0. The molecule has 3 rings (SSSR count). The Kier molecular flexibility index (Phi) is 2.98. The Hall–Kier alpha value is -2.24. The zero-order chi connectivity index (χ0) is 13.2. The maximum Gasteiger partial charge on any atom is 0.246 e. The van der Waals surface area contributed by atoms with Gasteiger partial charge < -0.3 is 15.4 Å². The topological polar surface area (TPSA) is 85.2 Å². The highest BCUT2D eigenvalue weighted by Gasteiger charge is 2.15. The van der Waals surface area contributed by atoms with Crippen molar-refractivity contribution in [1.82, 2.24) is 10.1 Å². The van der Waals surface area contributed by atoms with Crippen molar-refractivity contribution in [3.63, 3.8) is 0 Å². The lowest BCUT2D eigenvalue weighted by Crippen LogP contribution is -2.14. The van der Waals surface area contributed by atoms with Crippen molar-refractivity contribution in [3.8, 4) is 11.4 Å². The second kappa shape index (κ2) is 4.79. The van der Waals surface area contributed by atoms with E-state index in [1.165, 1.54) is 0 Å². The fraction of sp³-hybridized carbons (Fsp3) is 0.143. The normalized spacial score (nSPS) is 12.7. The van der Waals surface area contributed by atoms with Crippen LogP contribution in [-0.4, -0.2) is 21.9 Å². The molecule has 0 unspecified atom stereocenters. The molecule has 1 heterocycles. The summed E-state index contributed by atoms with van der Waals surface area (Å²) in [7, 11) is 0. The second-order valence-electron chi connectivity index (χ2n) is 4.27.